The lowest BCUT2D eigenvalue weighted by molar-refractivity contribution is -0.0763. The van der Waals surface area contributed by atoms with Crippen molar-refractivity contribution < 1.29 is 29.2 Å². The van der Waals surface area contributed by atoms with E-state index in [1.165, 1.54) is 0 Å². The Bertz CT molecular complexity index is 316. The van der Waals surface area contributed by atoms with Crippen LogP contribution in [0.4, 0.5) is 0 Å². The zero-order valence-corrected chi connectivity index (χ0v) is 18.0. The molecule has 2 atom stereocenters. The van der Waals surface area contributed by atoms with Gasteiger partial charge >= 0.3 is 0 Å². The Labute approximate surface area is 170 Å². The molecule has 9 heteroatoms. The molecule has 0 heterocycles. The lowest BCUT2D eigenvalue weighted by Gasteiger charge is -2.23. The monoisotopic (exact) mass is 409 g/mol. The Kier molecular flexibility index (Phi) is 25.1. The van der Waals surface area contributed by atoms with E-state index in [1.807, 2.05) is 20.8 Å². The molecule has 0 unspecified atom stereocenters. The highest BCUT2D eigenvalue weighted by molar-refractivity contribution is 5.74. The summed E-state index contributed by atoms with van der Waals surface area (Å²) in [4.78, 5) is 0. The molecule has 0 radical (unpaired) electrons. The number of hydrogen-bond donors (Lipinski definition) is 5. The standard InChI is InChI=1S/C12H26O4.C7H17N3O2/c1-3-8-15-10-11(14)12(6-5-7-13)16-9-4-2;1-2-11-5-6-12-4-3-10-7(8)9/h11-14H,3-10H2,1-2H3;2-6H2,1H3,(H4,8,9,10)/t11-,12+;/m1./s1. The van der Waals surface area contributed by atoms with Gasteiger partial charge in [-0.1, -0.05) is 13.8 Å². The molecule has 28 heavy (non-hydrogen) atoms. The summed E-state index contributed by atoms with van der Waals surface area (Å²) in [5.41, 5.74) is 5.05. The molecule has 170 valence electrons. The smallest absolute Gasteiger partial charge is 0.185 e. The quantitative estimate of drug-likeness (QED) is 0.128. The van der Waals surface area contributed by atoms with Crippen LogP contribution in [-0.2, 0) is 18.9 Å². The number of guanidine groups is 1. The minimum absolute atomic E-state index is 0.0246. The summed E-state index contributed by atoms with van der Waals surface area (Å²) in [5, 5.41) is 28.1. The summed E-state index contributed by atoms with van der Waals surface area (Å²) < 4.78 is 21.0. The van der Waals surface area contributed by atoms with Crippen LogP contribution in [0.25, 0.3) is 0 Å². The second kappa shape index (κ2) is 24.1. The van der Waals surface area contributed by atoms with Crippen LogP contribution < -0.4 is 11.1 Å². The summed E-state index contributed by atoms with van der Waals surface area (Å²) in [7, 11) is 0. The average molecular weight is 410 g/mol. The lowest BCUT2D eigenvalue weighted by Crippen LogP contribution is -2.33. The Morgan fingerprint density at radius 2 is 1.68 bits per heavy atom. The van der Waals surface area contributed by atoms with E-state index < -0.39 is 6.10 Å². The molecule has 6 N–H and O–H groups in total. The molecule has 0 amide bonds. The second-order valence-corrected chi connectivity index (χ2v) is 6.07. The van der Waals surface area contributed by atoms with Gasteiger partial charge < -0.3 is 40.2 Å². The zero-order valence-electron chi connectivity index (χ0n) is 18.0. The molecule has 9 nitrogen and oxygen atoms in total. The first-order chi connectivity index (χ1) is 13.5. The Morgan fingerprint density at radius 1 is 1.00 bits per heavy atom. The van der Waals surface area contributed by atoms with Gasteiger partial charge in [0.2, 0.25) is 0 Å². The van der Waals surface area contributed by atoms with E-state index in [-0.39, 0.29) is 18.7 Å². The average Bonchev–Trinajstić information content (AvgIpc) is 2.68. The number of rotatable bonds is 18. The first-order valence-corrected chi connectivity index (χ1v) is 10.2. The fraction of sp³-hybridized carbons (Fsp3) is 0.947. The second-order valence-electron chi connectivity index (χ2n) is 6.07. The predicted molar refractivity (Wildman–Crippen MR) is 111 cm³/mol. The van der Waals surface area contributed by atoms with E-state index in [0.29, 0.717) is 59.0 Å². The first kappa shape index (κ1) is 29.2. The van der Waals surface area contributed by atoms with Crippen molar-refractivity contribution in [3.8, 4) is 0 Å². The molecule has 0 aromatic heterocycles. The van der Waals surface area contributed by atoms with Gasteiger partial charge in [0.15, 0.2) is 5.96 Å². The molecule has 0 aromatic carbocycles. The van der Waals surface area contributed by atoms with Crippen LogP contribution in [0.1, 0.15) is 46.5 Å². The summed E-state index contributed by atoms with van der Waals surface area (Å²) in [6.45, 7) is 10.8. The van der Waals surface area contributed by atoms with Gasteiger partial charge in [0.05, 0.1) is 32.5 Å². The Balaban J connectivity index is 0. The van der Waals surface area contributed by atoms with Crippen molar-refractivity contribution in [3.63, 3.8) is 0 Å². The third kappa shape index (κ3) is 23.1. The minimum atomic E-state index is -0.593. The molecule has 0 aromatic rings. The molecule has 0 bridgehead atoms. The largest absolute Gasteiger partial charge is 0.396 e. The van der Waals surface area contributed by atoms with E-state index in [0.717, 1.165) is 19.4 Å². The van der Waals surface area contributed by atoms with E-state index in [4.69, 9.17) is 35.2 Å². The van der Waals surface area contributed by atoms with Gasteiger partial charge in [-0.3, -0.25) is 5.41 Å². The zero-order chi connectivity index (χ0) is 21.5. The molecule has 0 aliphatic carbocycles. The third-order valence-electron chi connectivity index (χ3n) is 3.39. The molecule has 0 saturated carbocycles. The maximum atomic E-state index is 9.86. The van der Waals surface area contributed by atoms with Crippen molar-refractivity contribution in [1.82, 2.24) is 5.32 Å². The van der Waals surface area contributed by atoms with Crippen molar-refractivity contribution >= 4 is 5.96 Å². The van der Waals surface area contributed by atoms with Crippen LogP contribution in [0.5, 0.6) is 0 Å². The molecule has 0 spiro atoms. The van der Waals surface area contributed by atoms with Gasteiger partial charge in [-0.15, -0.1) is 0 Å². The summed E-state index contributed by atoms with van der Waals surface area (Å²) in [6.07, 6.45) is 2.39. The molecular weight excluding hydrogens is 366 g/mol. The number of nitrogens with one attached hydrogen (secondary N) is 2. The normalized spacial score (nSPS) is 12.8. The van der Waals surface area contributed by atoms with Crippen LogP contribution in [0.3, 0.4) is 0 Å². The molecule has 0 aliphatic heterocycles. The van der Waals surface area contributed by atoms with Crippen molar-refractivity contribution in [2.45, 2.75) is 58.7 Å². The predicted octanol–water partition coefficient (Wildman–Crippen LogP) is 0.864. The summed E-state index contributed by atoms with van der Waals surface area (Å²) in [6, 6.07) is 0. The lowest BCUT2D eigenvalue weighted by atomic mass is 10.1. The SMILES string of the molecule is CCCOC[C@@H](O)[C@H](CCCO)OCCC.CCOCCOCCNC(=N)N. The number of hydrogen-bond acceptors (Lipinski definition) is 7. The maximum Gasteiger partial charge on any atom is 0.185 e. The van der Waals surface area contributed by atoms with Crippen molar-refractivity contribution in [2.24, 2.45) is 5.73 Å². The van der Waals surface area contributed by atoms with Gasteiger partial charge in [0.25, 0.3) is 0 Å². The number of aliphatic hydroxyl groups excluding tert-OH is 2. The number of nitrogens with two attached hydrogens (primary N) is 1. The fourth-order valence-corrected chi connectivity index (χ4v) is 2.03. The maximum absolute atomic E-state index is 9.86. The van der Waals surface area contributed by atoms with E-state index in [9.17, 15) is 5.11 Å². The summed E-state index contributed by atoms with van der Waals surface area (Å²) >= 11 is 0. The van der Waals surface area contributed by atoms with Crippen LogP contribution >= 0.6 is 0 Å². The highest BCUT2D eigenvalue weighted by Crippen LogP contribution is 2.09. The van der Waals surface area contributed by atoms with Gasteiger partial charge in [0, 0.05) is 33.0 Å². The van der Waals surface area contributed by atoms with Crippen LogP contribution in [0.15, 0.2) is 0 Å². The molecule has 0 saturated heterocycles. The van der Waals surface area contributed by atoms with Gasteiger partial charge in [0.1, 0.15) is 6.10 Å². The Morgan fingerprint density at radius 3 is 2.25 bits per heavy atom. The third-order valence-corrected chi connectivity index (χ3v) is 3.39. The van der Waals surface area contributed by atoms with Crippen LogP contribution in [0.2, 0.25) is 0 Å². The van der Waals surface area contributed by atoms with Gasteiger partial charge in [-0.05, 0) is 32.6 Å². The van der Waals surface area contributed by atoms with Crippen molar-refractivity contribution in [3.05, 3.63) is 0 Å². The first-order valence-electron chi connectivity index (χ1n) is 10.2. The molecular formula is C19H43N3O6. The van der Waals surface area contributed by atoms with E-state index in [2.05, 4.69) is 5.32 Å². The molecule has 0 fully saturated rings. The van der Waals surface area contributed by atoms with E-state index >= 15 is 0 Å². The van der Waals surface area contributed by atoms with Gasteiger partial charge in [-0.2, -0.15) is 0 Å². The minimum Gasteiger partial charge on any atom is -0.396 e. The van der Waals surface area contributed by atoms with Gasteiger partial charge in [-0.25, -0.2) is 0 Å². The Hall–Kier alpha value is -0.970. The van der Waals surface area contributed by atoms with E-state index in [1.54, 1.807) is 0 Å². The van der Waals surface area contributed by atoms with Crippen LogP contribution in [-0.4, -0.2) is 87.8 Å². The number of aliphatic hydroxyl groups is 2. The summed E-state index contributed by atoms with van der Waals surface area (Å²) in [5.74, 6) is -0.0246. The topological polar surface area (TPSA) is 139 Å². The number of ether oxygens (including phenoxy) is 4. The molecule has 0 rings (SSSR count). The van der Waals surface area contributed by atoms with Crippen molar-refractivity contribution in [2.75, 3.05) is 59.4 Å². The fourth-order valence-electron chi connectivity index (χ4n) is 2.03. The highest BCUT2D eigenvalue weighted by atomic mass is 16.5. The highest BCUT2D eigenvalue weighted by Gasteiger charge is 2.19. The van der Waals surface area contributed by atoms with Crippen molar-refractivity contribution in [1.29, 1.82) is 5.41 Å². The van der Waals surface area contributed by atoms with Crippen LogP contribution in [0, 0.1) is 5.41 Å². The molecule has 0 aliphatic rings.